The second-order valence-corrected chi connectivity index (χ2v) is 10.4. The van der Waals surface area contributed by atoms with Crippen molar-refractivity contribution in [1.29, 1.82) is 0 Å². The molecule has 39 heavy (non-hydrogen) atoms. The summed E-state index contributed by atoms with van der Waals surface area (Å²) in [5.41, 5.74) is 6.55. The SMILES string of the molecule is CCOc1nc(N)nc2c1NCN2C1OC(CO[P+](=O)NC(C)C(=O)OC(C)C)CC1C.Oc1ccccc1. The van der Waals surface area contributed by atoms with Crippen LogP contribution in [0, 0.1) is 5.92 Å². The predicted octanol–water partition coefficient (Wildman–Crippen LogP) is 3.39. The van der Waals surface area contributed by atoms with Crippen LogP contribution in [0.3, 0.4) is 0 Å². The molecule has 1 fully saturated rings. The summed E-state index contributed by atoms with van der Waals surface area (Å²) in [5, 5.41) is 14.5. The molecule has 14 heteroatoms. The normalized spacial score (nSPS) is 20.9. The van der Waals surface area contributed by atoms with Gasteiger partial charge < -0.3 is 35.3 Å². The lowest BCUT2D eigenvalue weighted by atomic mass is 10.1. The first kappa shape index (κ1) is 30.3. The minimum atomic E-state index is -2.25. The van der Waals surface area contributed by atoms with Crippen molar-refractivity contribution in [1.82, 2.24) is 15.1 Å². The number of fused-ring (bicyclic) bond motifs is 1. The van der Waals surface area contributed by atoms with Crippen molar-refractivity contribution >= 4 is 31.6 Å². The number of hydrogen-bond acceptors (Lipinski definition) is 12. The van der Waals surface area contributed by atoms with Crippen molar-refractivity contribution in [2.75, 3.05) is 35.8 Å². The molecule has 2 aliphatic rings. The summed E-state index contributed by atoms with van der Waals surface area (Å²) in [4.78, 5) is 22.3. The molecule has 2 aromatic rings. The number of aromatic hydroxyl groups is 1. The number of esters is 1. The van der Waals surface area contributed by atoms with Crippen LogP contribution in [0.4, 0.5) is 17.5 Å². The van der Waals surface area contributed by atoms with Crippen molar-refractivity contribution < 1.29 is 33.2 Å². The lowest BCUT2D eigenvalue weighted by Crippen LogP contribution is -2.39. The van der Waals surface area contributed by atoms with E-state index in [0.29, 0.717) is 42.8 Å². The molecule has 0 amide bonds. The summed E-state index contributed by atoms with van der Waals surface area (Å²) in [5.74, 6) is 1.17. The minimum Gasteiger partial charge on any atom is -0.508 e. The number of nitrogens with two attached hydrogens (primary N) is 1. The third kappa shape index (κ3) is 8.62. The molecule has 0 aliphatic carbocycles. The lowest BCUT2D eigenvalue weighted by molar-refractivity contribution is -0.149. The van der Waals surface area contributed by atoms with Crippen LogP contribution in [0.25, 0.3) is 0 Å². The number of rotatable bonds is 10. The first-order chi connectivity index (χ1) is 18.6. The summed E-state index contributed by atoms with van der Waals surface area (Å²) in [6.07, 6.45) is -0.0646. The van der Waals surface area contributed by atoms with Gasteiger partial charge in [-0.3, -0.25) is 4.79 Å². The average Bonchev–Trinajstić information content (AvgIpc) is 3.46. The van der Waals surface area contributed by atoms with Gasteiger partial charge in [-0.2, -0.15) is 9.97 Å². The van der Waals surface area contributed by atoms with Crippen LogP contribution in [0.2, 0.25) is 0 Å². The van der Waals surface area contributed by atoms with Crippen LogP contribution in [-0.2, 0) is 23.4 Å². The van der Waals surface area contributed by atoms with Crippen LogP contribution >= 0.6 is 8.18 Å². The van der Waals surface area contributed by atoms with Crippen molar-refractivity contribution in [3.8, 4) is 11.6 Å². The van der Waals surface area contributed by atoms with Gasteiger partial charge in [0, 0.05) is 5.92 Å². The Morgan fingerprint density at radius 2 is 2.03 bits per heavy atom. The molecule has 3 heterocycles. The third-order valence-corrected chi connectivity index (χ3v) is 6.73. The second kappa shape index (κ2) is 14.2. The summed E-state index contributed by atoms with van der Waals surface area (Å²) < 4.78 is 34.5. The molecular weight excluding hydrogens is 527 g/mol. The maximum Gasteiger partial charge on any atom is 0.613 e. The number of phenolic OH excluding ortho intramolecular Hbond substituents is 1. The first-order valence-electron chi connectivity index (χ1n) is 12.9. The minimum absolute atomic E-state index is 0.124. The van der Waals surface area contributed by atoms with Crippen LogP contribution in [0.1, 0.15) is 41.0 Å². The fourth-order valence-corrected chi connectivity index (χ4v) is 4.86. The quantitative estimate of drug-likeness (QED) is 0.244. The Hall–Kier alpha value is -3.25. The number of carbonyl (C=O) groups is 1. The molecule has 214 valence electrons. The number of nitrogen functional groups attached to an aromatic ring is 1. The van der Waals surface area contributed by atoms with Crippen LogP contribution in [0.5, 0.6) is 11.6 Å². The van der Waals surface area contributed by atoms with Gasteiger partial charge in [-0.05, 0) is 50.8 Å². The number of ether oxygens (including phenoxy) is 3. The van der Waals surface area contributed by atoms with E-state index in [1.165, 1.54) is 0 Å². The molecule has 0 spiro atoms. The lowest BCUT2D eigenvalue weighted by Gasteiger charge is -2.27. The van der Waals surface area contributed by atoms with Gasteiger partial charge in [-0.1, -0.05) is 30.2 Å². The summed E-state index contributed by atoms with van der Waals surface area (Å²) in [6.45, 7) is 10.1. The number of carbonyl (C=O) groups excluding carboxylic acids is 1. The Morgan fingerprint density at radius 3 is 2.64 bits per heavy atom. The second-order valence-electron chi connectivity index (χ2n) is 9.41. The monoisotopic (exact) mass is 565 g/mol. The molecule has 1 aromatic heterocycles. The number of para-hydroxylation sites is 1. The molecule has 5 unspecified atom stereocenters. The van der Waals surface area contributed by atoms with Crippen molar-refractivity contribution in [3.63, 3.8) is 0 Å². The zero-order valence-corrected chi connectivity index (χ0v) is 23.8. The van der Waals surface area contributed by atoms with Gasteiger partial charge >= 0.3 is 14.1 Å². The standard InChI is InChI=1S/C19H32N6O6P.C6H6O/c1-6-28-16-14-15(22-19(20)23-16)25(9-21-14)17-11(4)7-13(31-17)8-29-32(27)24-12(5)18(26)30-10(2)3;7-6-4-2-1-3-5-6/h10-13,17,21H,6-9H2,1-5H3,(H,24,27)(H2,20,22,23);1-5,7H/q+1;. The third-order valence-electron chi connectivity index (χ3n) is 5.75. The molecule has 1 saturated heterocycles. The van der Waals surface area contributed by atoms with E-state index in [9.17, 15) is 9.36 Å². The Kier molecular flexibility index (Phi) is 11.0. The number of nitrogens with one attached hydrogen (secondary N) is 2. The number of aromatic nitrogens is 2. The molecule has 4 rings (SSSR count). The maximum atomic E-state index is 12.2. The maximum absolute atomic E-state index is 12.2. The Morgan fingerprint density at radius 1 is 1.31 bits per heavy atom. The Bertz CT molecular complexity index is 1110. The van der Waals surface area contributed by atoms with E-state index < -0.39 is 20.2 Å². The fraction of sp³-hybridized carbons (Fsp3) is 0.560. The Balaban J connectivity index is 0.000000520. The molecule has 2 aliphatic heterocycles. The topological polar surface area (TPSA) is 170 Å². The van der Waals surface area contributed by atoms with E-state index in [2.05, 4.69) is 27.3 Å². The summed E-state index contributed by atoms with van der Waals surface area (Å²) in [7, 11) is -2.25. The number of phenols is 1. The smallest absolute Gasteiger partial charge is 0.508 e. The molecule has 13 nitrogen and oxygen atoms in total. The van der Waals surface area contributed by atoms with E-state index in [4.69, 9.17) is 29.6 Å². The van der Waals surface area contributed by atoms with Gasteiger partial charge in [0.15, 0.2) is 5.82 Å². The van der Waals surface area contributed by atoms with Crippen LogP contribution in [0.15, 0.2) is 30.3 Å². The molecule has 0 radical (unpaired) electrons. The molecular formula is C25H38N6O7P+. The summed E-state index contributed by atoms with van der Waals surface area (Å²) in [6, 6.07) is 7.97. The number of nitrogens with zero attached hydrogens (tertiary/aromatic N) is 3. The van der Waals surface area contributed by atoms with Crippen molar-refractivity contribution in [3.05, 3.63) is 30.3 Å². The van der Waals surface area contributed by atoms with Crippen molar-refractivity contribution in [2.45, 2.75) is 65.5 Å². The zero-order valence-electron chi connectivity index (χ0n) is 22.9. The van der Waals surface area contributed by atoms with E-state index in [1.54, 1.807) is 45.0 Å². The number of anilines is 3. The highest BCUT2D eigenvalue weighted by atomic mass is 31.1. The van der Waals surface area contributed by atoms with Gasteiger partial charge in [-0.25, -0.2) is 0 Å². The van der Waals surface area contributed by atoms with E-state index in [-0.39, 0.29) is 36.9 Å². The highest BCUT2D eigenvalue weighted by Crippen LogP contribution is 2.41. The van der Waals surface area contributed by atoms with Gasteiger partial charge in [-0.15, -0.1) is 4.52 Å². The first-order valence-corrected chi connectivity index (χ1v) is 14.0. The highest BCUT2D eigenvalue weighted by molar-refractivity contribution is 7.36. The van der Waals surface area contributed by atoms with Gasteiger partial charge in [0.25, 0.3) is 0 Å². The summed E-state index contributed by atoms with van der Waals surface area (Å²) >= 11 is 0. The molecule has 5 atom stereocenters. The van der Waals surface area contributed by atoms with E-state index in [1.807, 2.05) is 17.9 Å². The highest BCUT2D eigenvalue weighted by Gasteiger charge is 2.42. The zero-order chi connectivity index (χ0) is 28.5. The van der Waals surface area contributed by atoms with E-state index >= 15 is 0 Å². The fourth-order valence-electron chi connectivity index (χ4n) is 4.07. The molecule has 5 N–H and O–H groups in total. The number of hydrogen-bond donors (Lipinski definition) is 4. The van der Waals surface area contributed by atoms with Crippen LogP contribution < -0.4 is 25.8 Å². The van der Waals surface area contributed by atoms with Gasteiger partial charge in [0.05, 0.1) is 25.5 Å². The van der Waals surface area contributed by atoms with Gasteiger partial charge in [0.1, 0.15) is 30.3 Å². The van der Waals surface area contributed by atoms with Crippen LogP contribution in [-0.4, -0.2) is 65.4 Å². The largest absolute Gasteiger partial charge is 0.613 e. The molecule has 0 saturated carbocycles. The van der Waals surface area contributed by atoms with E-state index in [0.717, 1.165) is 0 Å². The molecule has 0 bridgehead atoms. The van der Waals surface area contributed by atoms with Gasteiger partial charge in [0.2, 0.25) is 11.8 Å². The van der Waals surface area contributed by atoms with Crippen molar-refractivity contribution in [2.24, 2.45) is 5.92 Å². The number of benzene rings is 1. The Labute approximate surface area is 229 Å². The average molecular weight is 566 g/mol. The molecule has 1 aromatic carbocycles. The predicted molar refractivity (Wildman–Crippen MR) is 147 cm³/mol.